The summed E-state index contributed by atoms with van der Waals surface area (Å²) >= 11 is 0. The van der Waals surface area contributed by atoms with E-state index in [0.717, 1.165) is 24.4 Å². The highest BCUT2D eigenvalue weighted by Crippen LogP contribution is 2.30. The third kappa shape index (κ3) is 1.81. The fourth-order valence-electron chi connectivity index (χ4n) is 1.38. The van der Waals surface area contributed by atoms with Gasteiger partial charge in [-0.3, -0.25) is 24.9 Å². The smallest absolute Gasteiger partial charge is 0.288 e. The van der Waals surface area contributed by atoms with Gasteiger partial charge in [0.1, 0.15) is 5.56 Å². The van der Waals surface area contributed by atoms with Crippen LogP contribution < -0.4 is 4.90 Å². The minimum atomic E-state index is -0.824. The predicted octanol–water partition coefficient (Wildman–Crippen LogP) is 0.791. The summed E-state index contributed by atoms with van der Waals surface area (Å²) in [6, 6.07) is 2.91. The number of hydrogen-bond acceptors (Lipinski definition) is 7. The van der Waals surface area contributed by atoms with E-state index in [1.54, 1.807) is 0 Å². The monoisotopic (exact) mass is 252 g/mol. The zero-order chi connectivity index (χ0) is 13.3. The van der Waals surface area contributed by atoms with Gasteiger partial charge in [0, 0.05) is 11.2 Å². The molecule has 0 fully saturated rings. The van der Waals surface area contributed by atoms with Crippen molar-refractivity contribution < 1.29 is 19.4 Å². The molecule has 92 valence electrons. The third-order valence-corrected chi connectivity index (χ3v) is 2.16. The normalized spacial score (nSPS) is 10.2. The van der Waals surface area contributed by atoms with Gasteiger partial charge in [0.15, 0.2) is 0 Å². The SMILES string of the molecule is O=[N+]([O-])c1ccc(-c2cno[n+]2[O-])c([N+](=O)[O-])c1. The Bertz CT molecular complexity index is 636. The van der Waals surface area contributed by atoms with Crippen LogP contribution in [0.5, 0.6) is 0 Å². The van der Waals surface area contributed by atoms with Gasteiger partial charge in [0.25, 0.3) is 11.4 Å². The Balaban J connectivity index is 2.65. The Labute approximate surface area is 97.9 Å². The molecule has 0 aliphatic heterocycles. The number of benzene rings is 1. The molecular formula is C8H4N4O6. The summed E-state index contributed by atoms with van der Waals surface area (Å²) in [4.78, 5) is 19.7. The molecule has 0 unspecified atom stereocenters. The average molecular weight is 252 g/mol. The van der Waals surface area contributed by atoms with Crippen molar-refractivity contribution >= 4 is 11.4 Å². The number of nitrogens with zero attached hydrogens (tertiary/aromatic N) is 4. The van der Waals surface area contributed by atoms with Crippen LogP contribution in [-0.4, -0.2) is 15.0 Å². The van der Waals surface area contributed by atoms with Crippen LogP contribution in [0.3, 0.4) is 0 Å². The number of nitro benzene ring substituents is 2. The van der Waals surface area contributed by atoms with Crippen LogP contribution in [0.2, 0.25) is 0 Å². The van der Waals surface area contributed by atoms with E-state index in [-0.39, 0.29) is 16.2 Å². The van der Waals surface area contributed by atoms with Crippen LogP contribution in [0.25, 0.3) is 11.3 Å². The average Bonchev–Trinajstić information content (AvgIpc) is 2.74. The minimum absolute atomic E-state index is 0.0197. The number of aromatic nitrogens is 2. The molecule has 0 radical (unpaired) electrons. The van der Waals surface area contributed by atoms with Gasteiger partial charge in [-0.1, -0.05) is 0 Å². The van der Waals surface area contributed by atoms with Gasteiger partial charge in [0.2, 0.25) is 11.9 Å². The van der Waals surface area contributed by atoms with Crippen LogP contribution in [0.4, 0.5) is 11.4 Å². The molecule has 10 heteroatoms. The van der Waals surface area contributed by atoms with Crippen molar-refractivity contribution in [2.24, 2.45) is 0 Å². The quantitative estimate of drug-likeness (QED) is 0.446. The molecule has 0 aliphatic rings. The van der Waals surface area contributed by atoms with Gasteiger partial charge >= 0.3 is 0 Å². The first-order chi connectivity index (χ1) is 8.50. The highest BCUT2D eigenvalue weighted by molar-refractivity contribution is 5.70. The molecule has 0 saturated heterocycles. The zero-order valence-electron chi connectivity index (χ0n) is 8.55. The summed E-state index contributed by atoms with van der Waals surface area (Å²) < 4.78 is 4.19. The maximum atomic E-state index is 11.1. The second kappa shape index (κ2) is 4.08. The highest BCUT2D eigenvalue weighted by Gasteiger charge is 2.25. The Morgan fingerprint density at radius 1 is 1.22 bits per heavy atom. The van der Waals surface area contributed by atoms with Gasteiger partial charge in [-0.15, -0.1) is 0 Å². The molecular weight excluding hydrogens is 248 g/mol. The lowest BCUT2D eigenvalue weighted by Gasteiger charge is -1.99. The second-order valence-corrected chi connectivity index (χ2v) is 3.17. The predicted molar refractivity (Wildman–Crippen MR) is 54.2 cm³/mol. The highest BCUT2D eigenvalue weighted by atomic mass is 16.8. The lowest BCUT2D eigenvalue weighted by molar-refractivity contribution is -0.793. The van der Waals surface area contributed by atoms with Crippen molar-refractivity contribution in [2.75, 3.05) is 0 Å². The first-order valence-corrected chi connectivity index (χ1v) is 4.48. The van der Waals surface area contributed by atoms with Gasteiger partial charge in [-0.25, -0.2) is 0 Å². The minimum Gasteiger partial charge on any atom is -0.359 e. The molecule has 2 rings (SSSR count). The van der Waals surface area contributed by atoms with E-state index in [1.165, 1.54) is 0 Å². The molecule has 1 heterocycles. The summed E-state index contributed by atoms with van der Waals surface area (Å²) in [6.45, 7) is 0. The third-order valence-electron chi connectivity index (χ3n) is 2.16. The van der Waals surface area contributed by atoms with Gasteiger partial charge in [0.05, 0.1) is 15.9 Å². The van der Waals surface area contributed by atoms with Crippen molar-refractivity contribution in [1.82, 2.24) is 5.16 Å². The number of rotatable bonds is 3. The number of non-ortho nitro benzene ring substituents is 1. The number of hydrogen-bond donors (Lipinski definition) is 0. The molecule has 0 atom stereocenters. The maximum Gasteiger partial charge on any atom is 0.288 e. The molecule has 2 aromatic rings. The molecule has 1 aromatic carbocycles. The van der Waals surface area contributed by atoms with Gasteiger partial charge in [-0.05, 0) is 11.0 Å². The molecule has 18 heavy (non-hydrogen) atoms. The number of nitro groups is 2. The van der Waals surface area contributed by atoms with E-state index in [0.29, 0.717) is 0 Å². The maximum absolute atomic E-state index is 11.1. The topological polar surface area (TPSA) is 139 Å². The molecule has 0 saturated carbocycles. The standard InChI is InChI=1S/C8H4N4O6/c13-10(14)5-1-2-6(7(3-5)11(15)16)8-4-9-18-12(8)17/h1-4H. The largest absolute Gasteiger partial charge is 0.359 e. The molecule has 0 aliphatic carbocycles. The Kier molecular flexibility index (Phi) is 2.60. The van der Waals surface area contributed by atoms with Crippen LogP contribution in [0, 0.1) is 25.4 Å². The lowest BCUT2D eigenvalue weighted by atomic mass is 10.1. The first kappa shape index (κ1) is 11.4. The fourth-order valence-corrected chi connectivity index (χ4v) is 1.38. The summed E-state index contributed by atoms with van der Waals surface area (Å²) in [7, 11) is 0. The van der Waals surface area contributed by atoms with Gasteiger partial charge < -0.3 is 5.21 Å². The Morgan fingerprint density at radius 2 is 1.94 bits per heavy atom. The van der Waals surface area contributed by atoms with Crippen LogP contribution in [0.1, 0.15) is 0 Å². The van der Waals surface area contributed by atoms with Crippen LogP contribution in [0.15, 0.2) is 29.0 Å². The summed E-state index contributed by atoms with van der Waals surface area (Å²) in [5.41, 5.74) is -1.32. The molecule has 10 nitrogen and oxygen atoms in total. The van der Waals surface area contributed by atoms with Crippen molar-refractivity contribution in [1.29, 1.82) is 0 Å². The lowest BCUT2D eigenvalue weighted by Crippen LogP contribution is -2.25. The summed E-state index contributed by atoms with van der Waals surface area (Å²) in [6.07, 6.45) is 0.987. The second-order valence-electron chi connectivity index (χ2n) is 3.17. The Hall–Kier alpha value is -3.04. The van der Waals surface area contributed by atoms with E-state index >= 15 is 0 Å². The van der Waals surface area contributed by atoms with E-state index in [4.69, 9.17) is 0 Å². The summed E-state index contributed by atoms with van der Waals surface area (Å²) in [5, 5.41) is 35.7. The zero-order valence-corrected chi connectivity index (χ0v) is 8.55. The molecule has 0 amide bonds. The van der Waals surface area contributed by atoms with E-state index in [1.807, 2.05) is 0 Å². The molecule has 1 aromatic heterocycles. The van der Waals surface area contributed by atoms with Crippen molar-refractivity contribution in [3.05, 3.63) is 49.8 Å². The van der Waals surface area contributed by atoms with Crippen LogP contribution in [-0.2, 0) is 0 Å². The molecule has 0 N–H and O–H groups in total. The molecule has 0 spiro atoms. The fraction of sp³-hybridized carbons (Fsp3) is 0. The first-order valence-electron chi connectivity index (χ1n) is 4.48. The van der Waals surface area contributed by atoms with E-state index < -0.39 is 21.2 Å². The van der Waals surface area contributed by atoms with Crippen molar-refractivity contribution in [2.45, 2.75) is 0 Å². The van der Waals surface area contributed by atoms with Crippen molar-refractivity contribution in [3.63, 3.8) is 0 Å². The van der Waals surface area contributed by atoms with Crippen molar-refractivity contribution in [3.8, 4) is 11.3 Å². The molecule has 0 bridgehead atoms. The van der Waals surface area contributed by atoms with E-state index in [9.17, 15) is 25.4 Å². The van der Waals surface area contributed by atoms with Crippen LogP contribution >= 0.6 is 0 Å². The van der Waals surface area contributed by atoms with E-state index in [2.05, 4.69) is 9.79 Å². The summed E-state index contributed by atoms with van der Waals surface area (Å²) in [5.74, 6) is 0. The Morgan fingerprint density at radius 3 is 2.44 bits per heavy atom. The van der Waals surface area contributed by atoms with Gasteiger partial charge in [-0.2, -0.15) is 0 Å².